The van der Waals surface area contributed by atoms with Crippen LogP contribution in [0.25, 0.3) is 0 Å². The third-order valence-electron chi connectivity index (χ3n) is 4.51. The van der Waals surface area contributed by atoms with E-state index in [9.17, 15) is 0 Å². The van der Waals surface area contributed by atoms with Crippen molar-refractivity contribution in [2.45, 2.75) is 51.1 Å². The molecule has 1 saturated heterocycles. The molecule has 1 N–H and O–H groups in total. The van der Waals surface area contributed by atoms with Gasteiger partial charge in [0.05, 0.1) is 6.61 Å². The molecule has 3 unspecified atom stereocenters. The number of nitrogens with zero attached hydrogens (tertiary/aromatic N) is 1. The summed E-state index contributed by atoms with van der Waals surface area (Å²) in [5.74, 6) is 1.55. The molecular weight excluding hydrogens is 236 g/mol. The Labute approximate surface area is 115 Å². The molecule has 104 valence electrons. The van der Waals surface area contributed by atoms with Gasteiger partial charge in [-0.15, -0.1) is 0 Å². The number of rotatable bonds is 3. The molecule has 0 saturated carbocycles. The van der Waals surface area contributed by atoms with Crippen molar-refractivity contribution in [1.29, 1.82) is 0 Å². The topological polar surface area (TPSA) is 24.5 Å². The van der Waals surface area contributed by atoms with Crippen LogP contribution < -0.4 is 10.2 Å². The summed E-state index contributed by atoms with van der Waals surface area (Å²) in [5.41, 5.74) is 5.01. The van der Waals surface area contributed by atoms with Crippen LogP contribution in [-0.4, -0.2) is 30.2 Å². The molecule has 0 aliphatic carbocycles. The van der Waals surface area contributed by atoms with Gasteiger partial charge in [0.2, 0.25) is 0 Å². The largest absolute Gasteiger partial charge is 0.493 e. The second-order valence-electron chi connectivity index (χ2n) is 5.94. The zero-order valence-corrected chi connectivity index (χ0v) is 11.9. The first kappa shape index (κ1) is 12.9. The first-order chi connectivity index (χ1) is 9.25. The van der Waals surface area contributed by atoms with Crippen LogP contribution in [-0.2, 0) is 0 Å². The van der Waals surface area contributed by atoms with Gasteiger partial charge in [-0.1, -0.05) is 24.6 Å². The number of piperidine rings is 1. The standard InChI is InChI=1S/C16H24N2O/c1-12-6-5-7-13(2)18(12)17-10-14-11-19-16-9-4-3-8-15(14)16/h3-4,8-9,12-14,17H,5-7,10-11H2,1-2H3. The zero-order chi connectivity index (χ0) is 13.2. The normalized spacial score (nSPS) is 30.9. The van der Waals surface area contributed by atoms with E-state index in [4.69, 9.17) is 4.74 Å². The van der Waals surface area contributed by atoms with E-state index in [-0.39, 0.29) is 0 Å². The summed E-state index contributed by atoms with van der Waals surface area (Å²) in [4.78, 5) is 0. The van der Waals surface area contributed by atoms with Crippen molar-refractivity contribution in [2.24, 2.45) is 0 Å². The van der Waals surface area contributed by atoms with E-state index >= 15 is 0 Å². The van der Waals surface area contributed by atoms with E-state index in [1.807, 2.05) is 6.07 Å². The molecule has 0 radical (unpaired) electrons. The van der Waals surface area contributed by atoms with Crippen molar-refractivity contribution in [3.05, 3.63) is 29.8 Å². The smallest absolute Gasteiger partial charge is 0.122 e. The fourth-order valence-corrected chi connectivity index (χ4v) is 3.35. The maximum Gasteiger partial charge on any atom is 0.122 e. The summed E-state index contributed by atoms with van der Waals surface area (Å²) >= 11 is 0. The van der Waals surface area contributed by atoms with Gasteiger partial charge in [0.1, 0.15) is 5.75 Å². The minimum Gasteiger partial charge on any atom is -0.493 e. The van der Waals surface area contributed by atoms with Crippen LogP contribution in [0.5, 0.6) is 5.75 Å². The molecule has 3 nitrogen and oxygen atoms in total. The molecule has 1 aromatic carbocycles. The second kappa shape index (κ2) is 5.51. The highest BCUT2D eigenvalue weighted by Crippen LogP contribution is 2.33. The Bertz CT molecular complexity index is 425. The molecule has 19 heavy (non-hydrogen) atoms. The number of fused-ring (bicyclic) bond motifs is 1. The van der Waals surface area contributed by atoms with Crippen molar-refractivity contribution < 1.29 is 4.74 Å². The Balaban J connectivity index is 1.61. The van der Waals surface area contributed by atoms with Crippen molar-refractivity contribution in [3.8, 4) is 5.75 Å². The molecule has 2 aliphatic heterocycles. The van der Waals surface area contributed by atoms with Crippen molar-refractivity contribution in [2.75, 3.05) is 13.2 Å². The molecule has 0 aromatic heterocycles. The van der Waals surface area contributed by atoms with Gasteiger partial charge in [0.25, 0.3) is 0 Å². The van der Waals surface area contributed by atoms with E-state index in [0.717, 1.165) is 18.9 Å². The summed E-state index contributed by atoms with van der Waals surface area (Å²) in [7, 11) is 0. The van der Waals surface area contributed by atoms with Crippen molar-refractivity contribution in [1.82, 2.24) is 10.4 Å². The molecule has 3 rings (SSSR count). The molecule has 2 heterocycles. The van der Waals surface area contributed by atoms with Gasteiger partial charge in [-0.3, -0.25) is 5.43 Å². The average Bonchev–Trinajstić information content (AvgIpc) is 2.82. The first-order valence-corrected chi connectivity index (χ1v) is 7.49. The lowest BCUT2D eigenvalue weighted by Crippen LogP contribution is -2.53. The summed E-state index contributed by atoms with van der Waals surface area (Å²) in [6, 6.07) is 9.69. The van der Waals surface area contributed by atoms with Gasteiger partial charge in [-0.25, -0.2) is 5.01 Å². The van der Waals surface area contributed by atoms with Crippen molar-refractivity contribution in [3.63, 3.8) is 0 Å². The van der Waals surface area contributed by atoms with E-state index in [0.29, 0.717) is 18.0 Å². The van der Waals surface area contributed by atoms with E-state index in [1.165, 1.54) is 24.8 Å². The van der Waals surface area contributed by atoms with E-state index < -0.39 is 0 Å². The third kappa shape index (κ3) is 2.63. The fourth-order valence-electron chi connectivity index (χ4n) is 3.35. The molecule has 0 bridgehead atoms. The van der Waals surface area contributed by atoms with Gasteiger partial charge < -0.3 is 4.74 Å². The second-order valence-corrected chi connectivity index (χ2v) is 5.94. The van der Waals surface area contributed by atoms with Crippen LogP contribution >= 0.6 is 0 Å². The molecular formula is C16H24N2O. The van der Waals surface area contributed by atoms with Gasteiger partial charge in [0.15, 0.2) is 0 Å². The molecule has 1 fully saturated rings. The Hall–Kier alpha value is -1.06. The molecule has 1 aromatic rings. The maximum absolute atomic E-state index is 5.75. The van der Waals surface area contributed by atoms with Crippen LogP contribution in [0, 0.1) is 0 Å². The van der Waals surface area contributed by atoms with Gasteiger partial charge in [-0.2, -0.15) is 0 Å². The summed E-state index contributed by atoms with van der Waals surface area (Å²) in [6.07, 6.45) is 3.96. The highest BCUT2D eigenvalue weighted by atomic mass is 16.5. The lowest BCUT2D eigenvalue weighted by molar-refractivity contribution is 0.0433. The van der Waals surface area contributed by atoms with Crippen molar-refractivity contribution >= 4 is 0 Å². The Morgan fingerprint density at radius 1 is 1.21 bits per heavy atom. The SMILES string of the molecule is CC1CCCC(C)N1NCC1COc2ccccc21. The number of hydrogen-bond donors (Lipinski definition) is 1. The molecule has 3 heteroatoms. The summed E-state index contributed by atoms with van der Waals surface area (Å²) < 4.78 is 5.75. The number of hydrazine groups is 1. The monoisotopic (exact) mass is 260 g/mol. The summed E-state index contributed by atoms with van der Waals surface area (Å²) in [6.45, 7) is 6.43. The predicted molar refractivity (Wildman–Crippen MR) is 77.3 cm³/mol. The maximum atomic E-state index is 5.75. The zero-order valence-electron chi connectivity index (χ0n) is 11.9. The van der Waals surface area contributed by atoms with Gasteiger partial charge in [0, 0.05) is 30.1 Å². The number of ether oxygens (including phenoxy) is 1. The van der Waals surface area contributed by atoms with Crippen LogP contribution in [0.2, 0.25) is 0 Å². The molecule has 2 aliphatic rings. The Morgan fingerprint density at radius 3 is 2.74 bits per heavy atom. The van der Waals surface area contributed by atoms with Crippen LogP contribution in [0.1, 0.15) is 44.6 Å². The number of nitrogens with one attached hydrogen (secondary N) is 1. The summed E-state index contributed by atoms with van der Waals surface area (Å²) in [5, 5.41) is 2.45. The fraction of sp³-hybridized carbons (Fsp3) is 0.625. The van der Waals surface area contributed by atoms with Gasteiger partial charge in [-0.05, 0) is 32.8 Å². The highest BCUT2D eigenvalue weighted by molar-refractivity contribution is 5.39. The Morgan fingerprint density at radius 2 is 1.95 bits per heavy atom. The van der Waals surface area contributed by atoms with Crippen LogP contribution in [0.15, 0.2) is 24.3 Å². The first-order valence-electron chi connectivity index (χ1n) is 7.49. The van der Waals surface area contributed by atoms with Crippen LogP contribution in [0.4, 0.5) is 0 Å². The lowest BCUT2D eigenvalue weighted by Gasteiger charge is -2.39. The molecule has 3 atom stereocenters. The minimum atomic E-state index is 0.484. The predicted octanol–water partition coefficient (Wildman–Crippen LogP) is 2.93. The van der Waals surface area contributed by atoms with E-state index in [1.54, 1.807) is 0 Å². The lowest BCUT2D eigenvalue weighted by atomic mass is 9.99. The number of hydrogen-bond acceptors (Lipinski definition) is 3. The van der Waals surface area contributed by atoms with Gasteiger partial charge >= 0.3 is 0 Å². The van der Waals surface area contributed by atoms with Crippen LogP contribution in [0.3, 0.4) is 0 Å². The average molecular weight is 260 g/mol. The molecule has 0 spiro atoms. The Kier molecular flexibility index (Phi) is 3.76. The quantitative estimate of drug-likeness (QED) is 0.904. The minimum absolute atomic E-state index is 0.484. The number of para-hydroxylation sites is 1. The molecule has 0 amide bonds. The number of benzene rings is 1. The highest BCUT2D eigenvalue weighted by Gasteiger charge is 2.28. The third-order valence-corrected chi connectivity index (χ3v) is 4.51. The van der Waals surface area contributed by atoms with E-state index in [2.05, 4.69) is 42.5 Å².